The molecule has 0 amide bonds. The molecule has 0 radical (unpaired) electrons. The van der Waals surface area contributed by atoms with Crippen LogP contribution >= 0.6 is 0 Å². The highest BCUT2D eigenvalue weighted by Gasteiger charge is 2.25. The van der Waals surface area contributed by atoms with E-state index in [0.717, 1.165) is 63.7 Å². The van der Waals surface area contributed by atoms with Crippen molar-refractivity contribution in [1.29, 1.82) is 0 Å². The third-order valence-electron chi connectivity index (χ3n) is 4.93. The number of hydrogen-bond donors (Lipinski definition) is 0. The number of hydrogen-bond acceptors (Lipinski definition) is 7. The molecule has 26 heavy (non-hydrogen) atoms. The Bertz CT molecular complexity index is 706. The van der Waals surface area contributed by atoms with Gasteiger partial charge in [0.15, 0.2) is 5.82 Å². The Kier molecular flexibility index (Phi) is 5.36. The third-order valence-corrected chi connectivity index (χ3v) is 4.93. The lowest BCUT2D eigenvalue weighted by molar-refractivity contribution is 0.0835. The van der Waals surface area contributed by atoms with E-state index >= 15 is 0 Å². The molecule has 0 bridgehead atoms. The van der Waals surface area contributed by atoms with Crippen LogP contribution in [0.15, 0.2) is 28.8 Å². The molecule has 1 atom stereocenters. The second kappa shape index (κ2) is 8.05. The second-order valence-corrected chi connectivity index (χ2v) is 6.71. The van der Waals surface area contributed by atoms with Gasteiger partial charge in [0.25, 0.3) is 5.89 Å². The minimum absolute atomic E-state index is 0.0110. The van der Waals surface area contributed by atoms with Crippen LogP contribution in [0.2, 0.25) is 0 Å². The van der Waals surface area contributed by atoms with Crippen LogP contribution in [0.4, 0.5) is 5.69 Å². The SMILES string of the molecule is CCOc1ccccc1N1CCN(Cc2noc(C3CCCO3)n2)CC1. The molecular weight excluding hydrogens is 332 g/mol. The molecule has 2 saturated heterocycles. The summed E-state index contributed by atoms with van der Waals surface area (Å²) in [6.45, 7) is 8.05. The Hall–Kier alpha value is -2.12. The monoisotopic (exact) mass is 358 g/mol. The smallest absolute Gasteiger partial charge is 0.255 e. The summed E-state index contributed by atoms with van der Waals surface area (Å²) in [7, 11) is 0. The average molecular weight is 358 g/mol. The maximum atomic E-state index is 5.76. The number of para-hydroxylation sites is 2. The molecule has 4 rings (SSSR count). The number of rotatable bonds is 6. The molecule has 0 saturated carbocycles. The predicted molar refractivity (Wildman–Crippen MR) is 97.3 cm³/mol. The van der Waals surface area contributed by atoms with Crippen LogP contribution < -0.4 is 9.64 Å². The summed E-state index contributed by atoms with van der Waals surface area (Å²) in [5, 5.41) is 4.13. The summed E-state index contributed by atoms with van der Waals surface area (Å²) in [5.41, 5.74) is 1.18. The zero-order valence-corrected chi connectivity index (χ0v) is 15.3. The lowest BCUT2D eigenvalue weighted by Crippen LogP contribution is -2.46. The van der Waals surface area contributed by atoms with E-state index in [1.165, 1.54) is 5.69 Å². The Morgan fingerprint density at radius 2 is 2.04 bits per heavy atom. The summed E-state index contributed by atoms with van der Waals surface area (Å²) >= 11 is 0. The Morgan fingerprint density at radius 1 is 1.19 bits per heavy atom. The normalized spacial score (nSPS) is 21.3. The number of anilines is 1. The number of aromatic nitrogens is 2. The zero-order chi connectivity index (χ0) is 17.8. The zero-order valence-electron chi connectivity index (χ0n) is 15.3. The van der Waals surface area contributed by atoms with Crippen LogP contribution in [-0.2, 0) is 11.3 Å². The largest absolute Gasteiger partial charge is 0.492 e. The molecule has 2 aliphatic heterocycles. The van der Waals surface area contributed by atoms with Gasteiger partial charge in [-0.05, 0) is 31.9 Å². The van der Waals surface area contributed by atoms with Gasteiger partial charge in [-0.25, -0.2) is 0 Å². The number of piperazine rings is 1. The van der Waals surface area contributed by atoms with E-state index in [1.54, 1.807) is 0 Å². The quantitative estimate of drug-likeness (QED) is 0.786. The van der Waals surface area contributed by atoms with Crippen molar-refractivity contribution >= 4 is 5.69 Å². The molecule has 0 spiro atoms. The first-order valence-electron chi connectivity index (χ1n) is 9.46. The Labute approximate surface area is 153 Å². The molecule has 0 N–H and O–H groups in total. The van der Waals surface area contributed by atoms with Gasteiger partial charge in [-0.3, -0.25) is 4.90 Å². The van der Waals surface area contributed by atoms with Crippen molar-refractivity contribution in [3.63, 3.8) is 0 Å². The van der Waals surface area contributed by atoms with Gasteiger partial charge >= 0.3 is 0 Å². The maximum Gasteiger partial charge on any atom is 0.255 e. The van der Waals surface area contributed by atoms with Crippen molar-refractivity contribution in [2.45, 2.75) is 32.4 Å². The van der Waals surface area contributed by atoms with Gasteiger partial charge in [0.1, 0.15) is 11.9 Å². The fourth-order valence-corrected chi connectivity index (χ4v) is 3.58. The topological polar surface area (TPSA) is 63.9 Å². The number of benzene rings is 1. The highest BCUT2D eigenvalue weighted by Crippen LogP contribution is 2.29. The van der Waals surface area contributed by atoms with E-state index in [1.807, 2.05) is 19.1 Å². The lowest BCUT2D eigenvalue weighted by atomic mass is 10.2. The first-order valence-corrected chi connectivity index (χ1v) is 9.46. The van der Waals surface area contributed by atoms with Gasteiger partial charge < -0.3 is 18.9 Å². The summed E-state index contributed by atoms with van der Waals surface area (Å²) in [6.07, 6.45) is 2.02. The third kappa shape index (κ3) is 3.83. The molecule has 7 heteroatoms. The van der Waals surface area contributed by atoms with Crippen LogP contribution in [0, 0.1) is 0 Å². The van der Waals surface area contributed by atoms with Crippen molar-refractivity contribution < 1.29 is 14.0 Å². The van der Waals surface area contributed by atoms with Crippen molar-refractivity contribution in [2.24, 2.45) is 0 Å². The molecule has 7 nitrogen and oxygen atoms in total. The molecule has 140 valence electrons. The van der Waals surface area contributed by atoms with Gasteiger partial charge in [0, 0.05) is 32.8 Å². The molecule has 2 aliphatic rings. The van der Waals surface area contributed by atoms with Crippen LogP contribution in [-0.4, -0.2) is 54.4 Å². The minimum atomic E-state index is -0.0110. The van der Waals surface area contributed by atoms with Crippen LogP contribution in [0.25, 0.3) is 0 Å². The van der Waals surface area contributed by atoms with Crippen molar-refractivity contribution in [1.82, 2.24) is 15.0 Å². The predicted octanol–water partition coefficient (Wildman–Crippen LogP) is 2.64. The molecule has 2 aromatic rings. The fraction of sp³-hybridized carbons (Fsp3) is 0.579. The average Bonchev–Trinajstić information content (AvgIpc) is 3.35. The highest BCUT2D eigenvalue weighted by atomic mass is 16.5. The summed E-state index contributed by atoms with van der Waals surface area (Å²) < 4.78 is 16.8. The molecule has 3 heterocycles. The molecule has 1 aromatic carbocycles. The van der Waals surface area contributed by atoms with E-state index < -0.39 is 0 Å². The van der Waals surface area contributed by atoms with Crippen molar-refractivity contribution in [2.75, 3.05) is 44.3 Å². The molecule has 2 fully saturated rings. The summed E-state index contributed by atoms with van der Waals surface area (Å²) in [4.78, 5) is 9.27. The molecular formula is C19H26N4O3. The van der Waals surface area contributed by atoms with Crippen LogP contribution in [0.3, 0.4) is 0 Å². The number of nitrogens with zero attached hydrogens (tertiary/aromatic N) is 4. The fourth-order valence-electron chi connectivity index (χ4n) is 3.58. The molecule has 0 aliphatic carbocycles. The van der Waals surface area contributed by atoms with Gasteiger partial charge in [0.05, 0.1) is 18.8 Å². The van der Waals surface area contributed by atoms with Crippen molar-refractivity contribution in [3.8, 4) is 5.75 Å². The van der Waals surface area contributed by atoms with Gasteiger partial charge in [-0.1, -0.05) is 17.3 Å². The van der Waals surface area contributed by atoms with E-state index in [4.69, 9.17) is 14.0 Å². The number of ether oxygens (including phenoxy) is 2. The second-order valence-electron chi connectivity index (χ2n) is 6.71. The highest BCUT2D eigenvalue weighted by molar-refractivity contribution is 5.58. The standard InChI is InChI=1S/C19H26N4O3/c1-2-24-16-7-4-3-6-15(16)23-11-9-22(10-12-23)14-18-20-19(26-21-18)17-8-5-13-25-17/h3-4,6-7,17H,2,5,8-14H2,1H3. The summed E-state index contributed by atoms with van der Waals surface area (Å²) in [6, 6.07) is 8.26. The summed E-state index contributed by atoms with van der Waals surface area (Å²) in [5.74, 6) is 2.34. The molecule has 1 aromatic heterocycles. The van der Waals surface area contributed by atoms with Crippen LogP contribution in [0.5, 0.6) is 5.75 Å². The Balaban J connectivity index is 1.33. The van der Waals surface area contributed by atoms with E-state index in [0.29, 0.717) is 12.5 Å². The minimum Gasteiger partial charge on any atom is -0.492 e. The van der Waals surface area contributed by atoms with E-state index in [9.17, 15) is 0 Å². The lowest BCUT2D eigenvalue weighted by Gasteiger charge is -2.36. The first kappa shape index (κ1) is 17.3. The van der Waals surface area contributed by atoms with Crippen molar-refractivity contribution in [3.05, 3.63) is 36.0 Å². The first-order chi connectivity index (χ1) is 12.8. The maximum absolute atomic E-state index is 5.76. The van der Waals surface area contributed by atoms with Crippen LogP contribution in [0.1, 0.15) is 37.6 Å². The van der Waals surface area contributed by atoms with E-state index in [2.05, 4.69) is 32.1 Å². The van der Waals surface area contributed by atoms with E-state index in [-0.39, 0.29) is 6.10 Å². The molecule has 1 unspecified atom stereocenters. The van der Waals surface area contributed by atoms with Gasteiger partial charge in [-0.2, -0.15) is 4.98 Å². The van der Waals surface area contributed by atoms with Gasteiger partial charge in [0.2, 0.25) is 0 Å². The Morgan fingerprint density at radius 3 is 2.81 bits per heavy atom. The van der Waals surface area contributed by atoms with Gasteiger partial charge in [-0.15, -0.1) is 0 Å².